The largest absolute Gasteiger partial charge is 0.504 e. The number of methoxy groups -OCH3 is 1. The van der Waals surface area contributed by atoms with E-state index in [0.29, 0.717) is 11.3 Å². The number of rotatable bonds is 7. The van der Waals surface area contributed by atoms with E-state index in [2.05, 4.69) is 10.6 Å². The molecule has 0 unspecified atom stereocenters. The van der Waals surface area contributed by atoms with Gasteiger partial charge in [0, 0.05) is 17.3 Å². The molecule has 1 aliphatic rings. The van der Waals surface area contributed by atoms with Crippen molar-refractivity contribution in [3.8, 4) is 11.5 Å². The Balaban J connectivity index is 1.55. The highest BCUT2D eigenvalue weighted by atomic mass is 16.5. The fourth-order valence-corrected chi connectivity index (χ4v) is 2.49. The second-order valence-corrected chi connectivity index (χ2v) is 6.31. The summed E-state index contributed by atoms with van der Waals surface area (Å²) in [4.78, 5) is 36.2. The summed E-state index contributed by atoms with van der Waals surface area (Å²) in [6.07, 6.45) is 1.97. The number of ether oxygens (including phenoxy) is 2. The summed E-state index contributed by atoms with van der Waals surface area (Å²) >= 11 is 0. The molecule has 0 spiro atoms. The van der Waals surface area contributed by atoms with Gasteiger partial charge in [-0.25, -0.2) is 4.79 Å². The zero-order valence-electron chi connectivity index (χ0n) is 15.2. The van der Waals surface area contributed by atoms with Crippen molar-refractivity contribution >= 4 is 23.5 Å². The van der Waals surface area contributed by atoms with Gasteiger partial charge in [-0.1, -0.05) is 12.1 Å². The van der Waals surface area contributed by atoms with Gasteiger partial charge in [-0.15, -0.1) is 0 Å². The molecule has 3 rings (SSSR count). The second-order valence-electron chi connectivity index (χ2n) is 6.31. The minimum atomic E-state index is -0.857. The van der Waals surface area contributed by atoms with E-state index in [1.54, 1.807) is 24.3 Å². The Labute approximate surface area is 161 Å². The predicted molar refractivity (Wildman–Crippen MR) is 101 cm³/mol. The summed E-state index contributed by atoms with van der Waals surface area (Å²) in [7, 11) is 1.36. The van der Waals surface area contributed by atoms with Crippen LogP contribution in [0.4, 0.5) is 5.69 Å². The van der Waals surface area contributed by atoms with Gasteiger partial charge >= 0.3 is 5.97 Å². The molecule has 2 aromatic rings. The number of benzene rings is 2. The van der Waals surface area contributed by atoms with Crippen LogP contribution < -0.4 is 15.4 Å². The summed E-state index contributed by atoms with van der Waals surface area (Å²) in [5, 5.41) is 15.4. The summed E-state index contributed by atoms with van der Waals surface area (Å²) in [6, 6.07) is 11.1. The van der Waals surface area contributed by atoms with Crippen molar-refractivity contribution in [1.29, 1.82) is 0 Å². The second kappa shape index (κ2) is 8.43. The number of phenols is 1. The molecule has 0 bridgehead atoms. The van der Waals surface area contributed by atoms with E-state index in [9.17, 15) is 19.5 Å². The van der Waals surface area contributed by atoms with Crippen molar-refractivity contribution in [2.24, 2.45) is 0 Å². The lowest BCUT2D eigenvalue weighted by Gasteiger charge is -2.10. The van der Waals surface area contributed by atoms with Crippen molar-refractivity contribution in [1.82, 2.24) is 5.32 Å². The molecule has 0 atom stereocenters. The van der Waals surface area contributed by atoms with Crippen LogP contribution in [0.15, 0.2) is 42.5 Å². The lowest BCUT2D eigenvalue weighted by Crippen LogP contribution is -2.25. The molecular weight excluding hydrogens is 364 g/mol. The van der Waals surface area contributed by atoms with Gasteiger partial charge in [-0.2, -0.15) is 0 Å². The van der Waals surface area contributed by atoms with Crippen LogP contribution in [0.1, 0.15) is 33.6 Å². The summed E-state index contributed by atoms with van der Waals surface area (Å²) in [5.74, 6) is -1.86. The molecule has 0 aliphatic heterocycles. The Morgan fingerprint density at radius 1 is 1.14 bits per heavy atom. The summed E-state index contributed by atoms with van der Waals surface area (Å²) in [5.41, 5.74) is 0.739. The third-order valence-electron chi connectivity index (χ3n) is 4.09. The number of aromatic hydroxyl groups is 1. The molecule has 1 saturated carbocycles. The fraction of sp³-hybridized carbons (Fsp3) is 0.250. The molecule has 0 saturated heterocycles. The first-order valence-electron chi connectivity index (χ1n) is 8.72. The summed E-state index contributed by atoms with van der Waals surface area (Å²) in [6.45, 7) is -0.548. The van der Waals surface area contributed by atoms with E-state index in [1.165, 1.54) is 25.3 Å². The number of nitrogens with one attached hydrogen (secondary N) is 2. The smallest absolute Gasteiger partial charge is 0.342 e. The molecule has 0 aromatic heterocycles. The standard InChI is InChI=1S/C20H20N2O6/c1-27-16-7-3-6-15(18(16)24)20(26)28-11-17(23)21-14-5-2-4-12(10-14)19(25)22-13-8-9-13/h2-7,10,13,24H,8-9,11H2,1H3,(H,21,23)(H,22,25). The molecule has 8 nitrogen and oxygen atoms in total. The number of hydrogen-bond acceptors (Lipinski definition) is 6. The number of esters is 1. The van der Waals surface area contributed by atoms with Gasteiger partial charge in [-0.3, -0.25) is 9.59 Å². The number of carbonyl (C=O) groups excluding carboxylic acids is 3. The van der Waals surface area contributed by atoms with Gasteiger partial charge in [0.2, 0.25) is 0 Å². The van der Waals surface area contributed by atoms with E-state index >= 15 is 0 Å². The molecular formula is C20H20N2O6. The molecule has 8 heteroatoms. The van der Waals surface area contributed by atoms with E-state index in [0.717, 1.165) is 12.8 Å². The van der Waals surface area contributed by atoms with E-state index < -0.39 is 18.5 Å². The third kappa shape index (κ3) is 4.79. The molecule has 3 N–H and O–H groups in total. The molecule has 0 radical (unpaired) electrons. The van der Waals surface area contributed by atoms with Gasteiger partial charge in [0.1, 0.15) is 5.56 Å². The first-order valence-corrected chi connectivity index (χ1v) is 8.72. The quantitative estimate of drug-likeness (QED) is 0.630. The molecule has 0 heterocycles. The number of anilines is 1. The third-order valence-corrected chi connectivity index (χ3v) is 4.09. The average Bonchev–Trinajstić information content (AvgIpc) is 3.50. The normalized spacial score (nSPS) is 12.8. The monoisotopic (exact) mass is 384 g/mol. The van der Waals surface area contributed by atoms with E-state index in [4.69, 9.17) is 9.47 Å². The van der Waals surface area contributed by atoms with Crippen LogP contribution >= 0.6 is 0 Å². The Kier molecular flexibility index (Phi) is 5.78. The van der Waals surface area contributed by atoms with Crippen LogP contribution in [0.5, 0.6) is 11.5 Å². The SMILES string of the molecule is COc1cccc(C(=O)OCC(=O)Nc2cccc(C(=O)NC3CC3)c2)c1O. The highest BCUT2D eigenvalue weighted by Gasteiger charge is 2.24. The van der Waals surface area contributed by atoms with Crippen LogP contribution in [0.25, 0.3) is 0 Å². The minimum Gasteiger partial charge on any atom is -0.504 e. The van der Waals surface area contributed by atoms with Gasteiger partial charge in [0.25, 0.3) is 11.8 Å². The van der Waals surface area contributed by atoms with E-state index in [-0.39, 0.29) is 29.0 Å². The lowest BCUT2D eigenvalue weighted by molar-refractivity contribution is -0.119. The topological polar surface area (TPSA) is 114 Å². The molecule has 28 heavy (non-hydrogen) atoms. The molecule has 2 aromatic carbocycles. The minimum absolute atomic E-state index is 0.106. The van der Waals surface area contributed by atoms with Crippen LogP contribution in [-0.4, -0.2) is 42.6 Å². The average molecular weight is 384 g/mol. The van der Waals surface area contributed by atoms with Crippen LogP contribution in [-0.2, 0) is 9.53 Å². The maximum absolute atomic E-state index is 12.1. The lowest BCUT2D eigenvalue weighted by atomic mass is 10.2. The van der Waals surface area contributed by atoms with Crippen LogP contribution in [0, 0.1) is 0 Å². The first kappa shape index (κ1) is 19.2. The van der Waals surface area contributed by atoms with Gasteiger partial charge in [0.05, 0.1) is 7.11 Å². The van der Waals surface area contributed by atoms with Crippen LogP contribution in [0.3, 0.4) is 0 Å². The highest BCUT2D eigenvalue weighted by Crippen LogP contribution is 2.29. The molecule has 2 amide bonds. The van der Waals surface area contributed by atoms with Crippen molar-refractivity contribution < 1.29 is 29.0 Å². The maximum Gasteiger partial charge on any atom is 0.342 e. The first-order chi connectivity index (χ1) is 13.5. The Morgan fingerprint density at radius 2 is 1.89 bits per heavy atom. The van der Waals surface area contributed by atoms with Crippen molar-refractivity contribution in [3.63, 3.8) is 0 Å². The van der Waals surface area contributed by atoms with Crippen LogP contribution in [0.2, 0.25) is 0 Å². The Bertz CT molecular complexity index is 907. The Morgan fingerprint density at radius 3 is 2.61 bits per heavy atom. The van der Waals surface area contributed by atoms with Crippen molar-refractivity contribution in [2.45, 2.75) is 18.9 Å². The molecule has 146 valence electrons. The highest BCUT2D eigenvalue weighted by molar-refractivity contribution is 5.99. The number of phenolic OH excluding ortho intramolecular Hbond substituents is 1. The zero-order valence-corrected chi connectivity index (χ0v) is 15.2. The maximum atomic E-state index is 12.1. The number of hydrogen-bond donors (Lipinski definition) is 3. The predicted octanol–water partition coefficient (Wildman–Crippen LogP) is 2.09. The van der Waals surface area contributed by atoms with Gasteiger partial charge in [-0.05, 0) is 43.2 Å². The van der Waals surface area contributed by atoms with Gasteiger partial charge < -0.3 is 25.2 Å². The summed E-state index contributed by atoms with van der Waals surface area (Å²) < 4.78 is 9.86. The molecule has 1 fully saturated rings. The number of amides is 2. The Hall–Kier alpha value is -3.55. The zero-order chi connectivity index (χ0) is 20.1. The number of para-hydroxylation sites is 1. The molecule has 1 aliphatic carbocycles. The van der Waals surface area contributed by atoms with E-state index in [1.807, 2.05) is 0 Å². The van der Waals surface area contributed by atoms with Crippen molar-refractivity contribution in [3.05, 3.63) is 53.6 Å². The number of carbonyl (C=O) groups is 3. The fourth-order valence-electron chi connectivity index (χ4n) is 2.49. The van der Waals surface area contributed by atoms with Gasteiger partial charge in [0.15, 0.2) is 18.1 Å². The van der Waals surface area contributed by atoms with Crippen molar-refractivity contribution in [2.75, 3.05) is 19.0 Å².